The minimum absolute atomic E-state index is 0.240. The Hall–Kier alpha value is -0.687. The molecule has 0 spiro atoms. The number of rotatable bonds is 3. The molecule has 3 heteroatoms. The first kappa shape index (κ1) is 10.4. The zero-order chi connectivity index (χ0) is 9.68. The summed E-state index contributed by atoms with van der Waals surface area (Å²) in [5, 5.41) is 0.698. The zero-order valence-corrected chi connectivity index (χ0v) is 10.8. The van der Waals surface area contributed by atoms with Gasteiger partial charge in [0.2, 0.25) is 0 Å². The standard InChI is InChI=1S/C10H12NO.Zn/c1-9(12)11(2)8-10-6-4-3-5-7-10;/h3-7H,1,8H2,2H3;. The number of hydrogen-bond acceptors (Lipinski definition) is 1. The number of hydrogen-bond donors (Lipinski definition) is 0. The fourth-order valence-electron chi connectivity index (χ4n) is 1.14. The molecule has 0 aliphatic carbocycles. The summed E-state index contributed by atoms with van der Waals surface area (Å²) in [6, 6.07) is 10.0. The fourth-order valence-corrected chi connectivity index (χ4v) is 1.94. The molecule has 0 saturated heterocycles. The molecule has 2 nitrogen and oxygen atoms in total. The summed E-state index contributed by atoms with van der Waals surface area (Å²) in [6.45, 7) is 0.722. The average Bonchev–Trinajstić information content (AvgIpc) is 2.18. The van der Waals surface area contributed by atoms with Gasteiger partial charge < -0.3 is 0 Å². The van der Waals surface area contributed by atoms with Gasteiger partial charge in [0.1, 0.15) is 0 Å². The zero-order valence-electron chi connectivity index (χ0n) is 7.86. The predicted octanol–water partition coefficient (Wildman–Crippen LogP) is 1.61. The second kappa shape index (κ2) is 5.13. The van der Waals surface area contributed by atoms with Gasteiger partial charge in [-0.2, -0.15) is 0 Å². The van der Waals surface area contributed by atoms with E-state index in [4.69, 9.17) is 0 Å². The summed E-state index contributed by atoms with van der Waals surface area (Å²) in [5.74, 6) is 0.240. The van der Waals surface area contributed by atoms with Crippen LogP contribution in [0.25, 0.3) is 0 Å². The molecule has 0 aliphatic heterocycles. The van der Waals surface area contributed by atoms with E-state index in [0.717, 1.165) is 24.8 Å². The van der Waals surface area contributed by atoms with Gasteiger partial charge in [0.05, 0.1) is 0 Å². The number of amides is 1. The summed E-state index contributed by atoms with van der Waals surface area (Å²) < 4.78 is 0. The molecule has 0 saturated carbocycles. The van der Waals surface area contributed by atoms with E-state index in [1.807, 2.05) is 37.4 Å². The Labute approximate surface area is 88.6 Å². The normalized spacial score (nSPS) is 9.77. The van der Waals surface area contributed by atoms with Crippen LogP contribution in [0.1, 0.15) is 5.56 Å². The Morgan fingerprint density at radius 1 is 1.38 bits per heavy atom. The van der Waals surface area contributed by atoms with Crippen molar-refractivity contribution in [1.82, 2.24) is 4.90 Å². The molecule has 0 fully saturated rings. The summed E-state index contributed by atoms with van der Waals surface area (Å²) in [7, 11) is 1.85. The minimum atomic E-state index is 0.240. The van der Waals surface area contributed by atoms with Crippen LogP contribution in [-0.4, -0.2) is 17.9 Å². The molecule has 0 radical (unpaired) electrons. The fraction of sp³-hybridized carbons (Fsp3) is 0.300. The van der Waals surface area contributed by atoms with E-state index < -0.39 is 0 Å². The van der Waals surface area contributed by atoms with Crippen molar-refractivity contribution in [2.75, 3.05) is 7.05 Å². The van der Waals surface area contributed by atoms with Gasteiger partial charge in [0, 0.05) is 0 Å². The molecule has 0 unspecified atom stereocenters. The van der Waals surface area contributed by atoms with E-state index in [-0.39, 0.29) is 5.91 Å². The number of nitrogens with zero attached hydrogens (tertiary/aromatic N) is 1. The predicted molar refractivity (Wildman–Crippen MR) is 47.7 cm³/mol. The van der Waals surface area contributed by atoms with Crippen molar-refractivity contribution >= 4 is 5.91 Å². The van der Waals surface area contributed by atoms with Crippen molar-refractivity contribution in [3.63, 3.8) is 0 Å². The third kappa shape index (κ3) is 3.27. The molecule has 1 rings (SSSR count). The quantitative estimate of drug-likeness (QED) is 0.719. The second-order valence-corrected chi connectivity index (χ2v) is 4.03. The first-order valence-electron chi connectivity index (χ1n) is 4.31. The molecule has 0 aliphatic rings. The summed E-state index contributed by atoms with van der Waals surface area (Å²) in [6.07, 6.45) is 0. The van der Waals surface area contributed by atoms with Crippen molar-refractivity contribution in [2.45, 2.75) is 11.6 Å². The molecule has 0 N–H and O–H groups in total. The van der Waals surface area contributed by atoms with Crippen LogP contribution in [0, 0.1) is 0 Å². The van der Waals surface area contributed by atoms with Crippen LogP contribution in [0.4, 0.5) is 0 Å². The first-order valence-corrected chi connectivity index (χ1v) is 6.41. The van der Waals surface area contributed by atoms with E-state index in [1.54, 1.807) is 4.90 Å². The maximum absolute atomic E-state index is 11.3. The third-order valence-corrected chi connectivity index (χ3v) is 2.80. The molecular formula is C10H12NOZn. The Balaban J connectivity index is 2.55. The summed E-state index contributed by atoms with van der Waals surface area (Å²) >= 11 is 1.04. The molecule has 0 bridgehead atoms. The molecule has 1 aromatic rings. The Bertz CT molecular complexity index is 274. The van der Waals surface area contributed by atoms with Gasteiger partial charge in [0.25, 0.3) is 0 Å². The van der Waals surface area contributed by atoms with Crippen molar-refractivity contribution in [1.29, 1.82) is 0 Å². The summed E-state index contributed by atoms with van der Waals surface area (Å²) in [5.41, 5.74) is 1.19. The molecule has 1 aromatic carbocycles. The van der Waals surface area contributed by atoms with Gasteiger partial charge in [-0.1, -0.05) is 0 Å². The van der Waals surface area contributed by atoms with Crippen LogP contribution in [0.5, 0.6) is 0 Å². The number of carbonyl (C=O) groups is 1. The van der Waals surface area contributed by atoms with Gasteiger partial charge in [-0.3, -0.25) is 0 Å². The summed E-state index contributed by atoms with van der Waals surface area (Å²) in [4.78, 5) is 13.0. The Morgan fingerprint density at radius 3 is 2.54 bits per heavy atom. The molecule has 65 valence electrons. The molecule has 13 heavy (non-hydrogen) atoms. The van der Waals surface area contributed by atoms with E-state index >= 15 is 0 Å². The molecule has 0 aromatic heterocycles. The van der Waals surface area contributed by atoms with E-state index in [1.165, 1.54) is 5.56 Å². The number of carbonyl (C=O) groups excluding carboxylic acids is 1. The average molecular weight is 228 g/mol. The molecular weight excluding hydrogens is 216 g/mol. The molecule has 0 heterocycles. The van der Waals surface area contributed by atoms with Crippen LogP contribution in [0.3, 0.4) is 0 Å². The van der Waals surface area contributed by atoms with E-state index in [2.05, 4.69) is 0 Å². The topological polar surface area (TPSA) is 20.3 Å². The van der Waals surface area contributed by atoms with Crippen LogP contribution in [-0.2, 0) is 29.6 Å². The van der Waals surface area contributed by atoms with Gasteiger partial charge in [-0.15, -0.1) is 0 Å². The van der Waals surface area contributed by atoms with Crippen LogP contribution < -0.4 is 0 Å². The van der Waals surface area contributed by atoms with Gasteiger partial charge in [-0.25, -0.2) is 0 Å². The van der Waals surface area contributed by atoms with E-state index in [9.17, 15) is 4.79 Å². The van der Waals surface area contributed by atoms with Crippen molar-refractivity contribution in [3.8, 4) is 0 Å². The first-order chi connectivity index (χ1) is 6.24. The second-order valence-electron chi connectivity index (χ2n) is 2.99. The van der Waals surface area contributed by atoms with Crippen LogP contribution in [0.2, 0.25) is 5.02 Å². The SMILES string of the molecule is CN(Cc1ccccc1)C(=O)[CH2][Zn]. The molecule has 0 atom stereocenters. The maximum atomic E-state index is 11.3. The van der Waals surface area contributed by atoms with Gasteiger partial charge in [0.15, 0.2) is 0 Å². The molecule has 1 amide bonds. The Morgan fingerprint density at radius 2 is 2.00 bits per heavy atom. The van der Waals surface area contributed by atoms with Gasteiger partial charge in [-0.05, 0) is 0 Å². The van der Waals surface area contributed by atoms with Crippen molar-refractivity contribution in [2.24, 2.45) is 0 Å². The van der Waals surface area contributed by atoms with Crippen molar-refractivity contribution in [3.05, 3.63) is 35.9 Å². The van der Waals surface area contributed by atoms with Crippen molar-refractivity contribution < 1.29 is 23.1 Å². The monoisotopic (exact) mass is 226 g/mol. The number of benzene rings is 1. The third-order valence-electron chi connectivity index (χ3n) is 1.90. The van der Waals surface area contributed by atoms with Crippen LogP contribution >= 0.6 is 0 Å². The van der Waals surface area contributed by atoms with Crippen LogP contribution in [0.15, 0.2) is 30.3 Å². The van der Waals surface area contributed by atoms with E-state index in [0.29, 0.717) is 5.02 Å². The van der Waals surface area contributed by atoms with Gasteiger partial charge >= 0.3 is 88.4 Å². The Kier molecular flexibility index (Phi) is 4.10.